The Morgan fingerprint density at radius 1 is 1.37 bits per heavy atom. The number of nitriles is 1. The van der Waals surface area contributed by atoms with E-state index in [1.54, 1.807) is 0 Å². The van der Waals surface area contributed by atoms with Gasteiger partial charge < -0.3 is 5.32 Å². The first-order chi connectivity index (χ1) is 9.27. The second-order valence-electron chi connectivity index (χ2n) is 5.84. The van der Waals surface area contributed by atoms with Gasteiger partial charge in [-0.05, 0) is 43.4 Å². The number of hydrogen-bond donors (Lipinski definition) is 1. The Hall–Kier alpha value is -1.37. The van der Waals surface area contributed by atoms with Crippen LogP contribution in [0.3, 0.4) is 0 Å². The third-order valence-electron chi connectivity index (χ3n) is 4.60. The van der Waals surface area contributed by atoms with Crippen molar-refractivity contribution in [1.82, 2.24) is 10.2 Å². The molecule has 1 N–H and O–H groups in total. The number of nitrogens with zero attached hydrogens (tertiary/aromatic N) is 2. The highest BCUT2D eigenvalue weighted by molar-refractivity contribution is 5.29. The van der Waals surface area contributed by atoms with Crippen molar-refractivity contribution < 1.29 is 0 Å². The number of rotatable bonds is 4. The Labute approximate surface area is 115 Å². The van der Waals surface area contributed by atoms with E-state index in [1.165, 1.54) is 24.0 Å². The third-order valence-corrected chi connectivity index (χ3v) is 4.60. The zero-order valence-electron chi connectivity index (χ0n) is 11.5. The molecule has 0 aromatic heterocycles. The van der Waals surface area contributed by atoms with Gasteiger partial charge in [-0.15, -0.1) is 0 Å². The Morgan fingerprint density at radius 3 is 2.74 bits per heavy atom. The van der Waals surface area contributed by atoms with Gasteiger partial charge >= 0.3 is 0 Å². The highest BCUT2D eigenvalue weighted by Crippen LogP contribution is 2.40. The molecule has 2 aliphatic rings. The van der Waals surface area contributed by atoms with E-state index in [1.807, 2.05) is 7.05 Å². The van der Waals surface area contributed by atoms with Crippen molar-refractivity contribution in [3.8, 4) is 6.07 Å². The van der Waals surface area contributed by atoms with E-state index in [0.717, 1.165) is 26.1 Å². The Morgan fingerprint density at radius 2 is 2.11 bits per heavy atom. The van der Waals surface area contributed by atoms with E-state index in [4.69, 9.17) is 0 Å². The summed E-state index contributed by atoms with van der Waals surface area (Å²) in [6.45, 7) is 2.89. The lowest BCUT2D eigenvalue weighted by molar-refractivity contribution is 0.187. The van der Waals surface area contributed by atoms with E-state index in [2.05, 4.69) is 40.6 Å². The van der Waals surface area contributed by atoms with Crippen LogP contribution in [0.15, 0.2) is 24.3 Å². The summed E-state index contributed by atoms with van der Waals surface area (Å²) in [5.74, 6) is 0.541. The fourth-order valence-corrected chi connectivity index (χ4v) is 3.21. The van der Waals surface area contributed by atoms with Gasteiger partial charge in [-0.25, -0.2) is 0 Å². The number of nitrogens with one attached hydrogen (secondary N) is 1. The van der Waals surface area contributed by atoms with Crippen molar-refractivity contribution in [2.24, 2.45) is 5.92 Å². The maximum absolute atomic E-state index is 9.57. The van der Waals surface area contributed by atoms with Crippen LogP contribution in [-0.4, -0.2) is 30.6 Å². The van der Waals surface area contributed by atoms with Gasteiger partial charge in [0, 0.05) is 19.6 Å². The second-order valence-corrected chi connectivity index (χ2v) is 5.84. The highest BCUT2D eigenvalue weighted by Gasteiger charge is 2.45. The molecule has 0 spiro atoms. The molecule has 0 amide bonds. The van der Waals surface area contributed by atoms with Crippen LogP contribution in [0.4, 0.5) is 0 Å². The Balaban J connectivity index is 1.73. The van der Waals surface area contributed by atoms with Crippen molar-refractivity contribution in [2.75, 3.05) is 20.1 Å². The highest BCUT2D eigenvalue weighted by atomic mass is 15.2. The van der Waals surface area contributed by atoms with Crippen LogP contribution in [0.2, 0.25) is 0 Å². The van der Waals surface area contributed by atoms with Crippen molar-refractivity contribution in [3.63, 3.8) is 0 Å². The molecule has 1 saturated carbocycles. The summed E-state index contributed by atoms with van der Waals surface area (Å²) in [6.07, 6.45) is 3.49. The first-order valence-corrected chi connectivity index (χ1v) is 7.17. The summed E-state index contributed by atoms with van der Waals surface area (Å²) in [7, 11) is 1.93. The van der Waals surface area contributed by atoms with Gasteiger partial charge in [0.1, 0.15) is 5.54 Å². The van der Waals surface area contributed by atoms with Crippen LogP contribution in [0.1, 0.15) is 24.0 Å². The summed E-state index contributed by atoms with van der Waals surface area (Å²) in [4.78, 5) is 2.43. The minimum atomic E-state index is -0.341. The van der Waals surface area contributed by atoms with Crippen molar-refractivity contribution in [1.29, 1.82) is 5.26 Å². The molecular weight excluding hydrogens is 234 g/mol. The van der Waals surface area contributed by atoms with E-state index in [0.29, 0.717) is 5.92 Å². The molecule has 0 bridgehead atoms. The lowest BCUT2D eigenvalue weighted by Gasteiger charge is -2.36. The SMILES string of the molecule is CNC(C#N)(CN1CCc2ccccc2C1)C1CC1. The summed E-state index contributed by atoms with van der Waals surface area (Å²) in [6, 6.07) is 11.2. The van der Waals surface area contributed by atoms with Crippen molar-refractivity contribution in [2.45, 2.75) is 31.3 Å². The molecule has 0 radical (unpaired) electrons. The van der Waals surface area contributed by atoms with Crippen molar-refractivity contribution >= 4 is 0 Å². The molecule has 1 aliphatic carbocycles. The van der Waals surface area contributed by atoms with E-state index in [9.17, 15) is 5.26 Å². The third kappa shape index (κ3) is 2.39. The number of hydrogen-bond acceptors (Lipinski definition) is 3. The molecule has 100 valence electrons. The quantitative estimate of drug-likeness (QED) is 0.893. The van der Waals surface area contributed by atoms with Gasteiger partial charge in [-0.1, -0.05) is 24.3 Å². The molecule has 1 aromatic carbocycles. The van der Waals surface area contributed by atoms with E-state index >= 15 is 0 Å². The number of fused-ring (bicyclic) bond motifs is 1. The summed E-state index contributed by atoms with van der Waals surface area (Å²) in [5.41, 5.74) is 2.55. The fraction of sp³-hybridized carbons (Fsp3) is 0.562. The molecule has 1 unspecified atom stereocenters. The summed E-state index contributed by atoms with van der Waals surface area (Å²) < 4.78 is 0. The summed E-state index contributed by atoms with van der Waals surface area (Å²) >= 11 is 0. The monoisotopic (exact) mass is 255 g/mol. The van der Waals surface area contributed by atoms with Gasteiger partial charge in [-0.3, -0.25) is 4.90 Å². The summed E-state index contributed by atoms with van der Waals surface area (Å²) in [5, 5.41) is 12.9. The molecule has 3 rings (SSSR count). The molecule has 1 fully saturated rings. The second kappa shape index (κ2) is 4.96. The van der Waals surface area contributed by atoms with Gasteiger partial charge in [0.2, 0.25) is 0 Å². The smallest absolute Gasteiger partial charge is 0.122 e. The number of benzene rings is 1. The molecule has 19 heavy (non-hydrogen) atoms. The number of likely N-dealkylation sites (N-methyl/N-ethyl adjacent to an activating group) is 1. The molecular formula is C16H21N3. The standard InChI is InChI=1S/C16H21N3/c1-18-16(11-17,15-6-7-15)12-19-9-8-13-4-2-3-5-14(13)10-19/h2-5,15,18H,6-10,12H2,1H3. The zero-order valence-corrected chi connectivity index (χ0v) is 11.5. The predicted molar refractivity (Wildman–Crippen MR) is 75.6 cm³/mol. The minimum Gasteiger partial charge on any atom is -0.301 e. The van der Waals surface area contributed by atoms with Crippen LogP contribution < -0.4 is 5.32 Å². The van der Waals surface area contributed by atoms with Gasteiger partial charge in [0.25, 0.3) is 0 Å². The van der Waals surface area contributed by atoms with Gasteiger partial charge in [0.05, 0.1) is 6.07 Å². The fourth-order valence-electron chi connectivity index (χ4n) is 3.21. The Bertz CT molecular complexity index is 501. The Kier molecular flexibility index (Phi) is 3.30. The van der Waals surface area contributed by atoms with E-state index < -0.39 is 0 Å². The topological polar surface area (TPSA) is 39.1 Å². The molecule has 1 aliphatic heterocycles. The van der Waals surface area contributed by atoms with Crippen molar-refractivity contribution in [3.05, 3.63) is 35.4 Å². The lowest BCUT2D eigenvalue weighted by Crippen LogP contribution is -2.53. The van der Waals surface area contributed by atoms with Crippen LogP contribution in [0.25, 0.3) is 0 Å². The molecule has 1 heterocycles. The molecule has 3 nitrogen and oxygen atoms in total. The predicted octanol–water partition coefficient (Wildman–Crippen LogP) is 1.94. The minimum absolute atomic E-state index is 0.341. The van der Waals surface area contributed by atoms with Gasteiger partial charge in [0.15, 0.2) is 0 Å². The van der Waals surface area contributed by atoms with Crippen LogP contribution in [-0.2, 0) is 13.0 Å². The first kappa shape index (κ1) is 12.7. The zero-order chi connectivity index (χ0) is 13.3. The molecule has 0 saturated heterocycles. The normalized spacial score (nSPS) is 22.3. The van der Waals surface area contributed by atoms with Crippen LogP contribution in [0, 0.1) is 17.2 Å². The largest absolute Gasteiger partial charge is 0.301 e. The van der Waals surface area contributed by atoms with Gasteiger partial charge in [-0.2, -0.15) is 5.26 Å². The molecule has 3 heteroatoms. The molecule has 1 aromatic rings. The van der Waals surface area contributed by atoms with Crippen LogP contribution in [0.5, 0.6) is 0 Å². The lowest BCUT2D eigenvalue weighted by atomic mass is 9.92. The van der Waals surface area contributed by atoms with Crippen LogP contribution >= 0.6 is 0 Å². The first-order valence-electron chi connectivity index (χ1n) is 7.17. The average Bonchev–Trinajstić information content (AvgIpc) is 3.30. The maximum atomic E-state index is 9.57. The average molecular weight is 255 g/mol. The maximum Gasteiger partial charge on any atom is 0.122 e. The molecule has 1 atom stereocenters. The van der Waals surface area contributed by atoms with E-state index in [-0.39, 0.29) is 5.54 Å².